The monoisotopic (exact) mass is 548 g/mol. The van der Waals surface area contributed by atoms with Gasteiger partial charge in [0.15, 0.2) is 6.10 Å². The lowest BCUT2D eigenvalue weighted by Gasteiger charge is -2.33. The number of amides is 3. The van der Waals surface area contributed by atoms with E-state index in [1.807, 2.05) is 27.7 Å². The summed E-state index contributed by atoms with van der Waals surface area (Å²) in [5.41, 5.74) is -1.12. The summed E-state index contributed by atoms with van der Waals surface area (Å²) in [6, 6.07) is -2.66. The largest absolute Gasteiger partial charge is 0.444 e. The van der Waals surface area contributed by atoms with Crippen LogP contribution in [0.2, 0.25) is 0 Å². The zero-order valence-corrected chi connectivity index (χ0v) is 23.7. The predicted octanol–water partition coefficient (Wildman–Crippen LogP) is 2.56. The van der Waals surface area contributed by atoms with Crippen molar-refractivity contribution < 1.29 is 37.7 Å². The van der Waals surface area contributed by atoms with E-state index < -0.39 is 72.0 Å². The average Bonchev–Trinajstić information content (AvgIpc) is 3.08. The second kappa shape index (κ2) is 14.2. The fraction of sp³-hybridized carbons (Fsp3) is 0.808. The molecule has 1 saturated heterocycles. The molecule has 12 heteroatoms. The summed E-state index contributed by atoms with van der Waals surface area (Å²) in [6.07, 6.45) is -0.621. The van der Waals surface area contributed by atoms with Crippen LogP contribution in [0.25, 0.3) is 0 Å². The van der Waals surface area contributed by atoms with Crippen LogP contribution in [0.5, 0.6) is 0 Å². The fourth-order valence-corrected chi connectivity index (χ4v) is 3.88. The first-order valence-electron chi connectivity index (χ1n) is 13.0. The molecule has 220 valence electrons. The normalized spacial score (nSPS) is 20.2. The maximum Gasteiger partial charge on any atom is 0.407 e. The molecule has 38 heavy (non-hydrogen) atoms. The van der Waals surface area contributed by atoms with Crippen molar-refractivity contribution >= 4 is 17.9 Å². The molecule has 0 radical (unpaired) electrons. The molecule has 0 saturated carbocycles. The number of rotatable bonds is 13. The molecule has 0 aromatic carbocycles. The van der Waals surface area contributed by atoms with Crippen molar-refractivity contribution in [1.29, 1.82) is 0 Å². The minimum atomic E-state index is -3.12. The molecule has 0 aromatic heterocycles. The summed E-state index contributed by atoms with van der Waals surface area (Å²) in [7, 11) is 0. The van der Waals surface area contributed by atoms with Crippen molar-refractivity contribution in [3.63, 3.8) is 0 Å². The number of nitrogens with zero attached hydrogens (tertiary/aromatic N) is 1. The Balaban J connectivity index is 2.87. The molecule has 0 spiro atoms. The van der Waals surface area contributed by atoms with Gasteiger partial charge in [-0.15, -0.1) is 6.58 Å². The third kappa shape index (κ3) is 11.6. The summed E-state index contributed by atoms with van der Waals surface area (Å²) in [5, 5.41) is 18.2. The Hall–Kier alpha value is -2.31. The van der Waals surface area contributed by atoms with Crippen LogP contribution in [0.15, 0.2) is 12.7 Å². The number of aliphatic hydroxyl groups is 1. The number of nitrogens with one attached hydrogen (secondary N) is 3. The number of carbonyl (C=O) groups is 3. The van der Waals surface area contributed by atoms with E-state index in [0.29, 0.717) is 6.42 Å². The van der Waals surface area contributed by atoms with Gasteiger partial charge in [-0.05, 0) is 32.6 Å². The van der Waals surface area contributed by atoms with Gasteiger partial charge < -0.3 is 30.5 Å². The first-order valence-corrected chi connectivity index (χ1v) is 13.0. The number of aliphatic hydroxyl groups excluding tert-OH is 1. The van der Waals surface area contributed by atoms with Crippen LogP contribution < -0.4 is 16.0 Å². The number of alkyl carbamates (subject to hydrolysis) is 1. The topological polar surface area (TPSA) is 129 Å². The molecule has 0 aliphatic carbocycles. The molecular weight excluding hydrogens is 502 g/mol. The molecule has 0 aromatic rings. The van der Waals surface area contributed by atoms with Crippen LogP contribution in [-0.2, 0) is 19.1 Å². The standard InChI is InChI=1S/C26H46F2N4O6/c1-9-11-17(20(33)22(35)29-12-10-2)30-21(34)18-13-26(27,28)15-32(18)16-37-14-19(24(3,4)5)31-23(36)38-25(6,7)8/h10,17-20,33H,2,9,11-16H2,1,3-8H3,(H,29,35)(H,30,34)(H,31,36)/t17?,18-,19+,20?/m0/s1. The van der Waals surface area contributed by atoms with Gasteiger partial charge in [-0.25, -0.2) is 13.6 Å². The minimum Gasteiger partial charge on any atom is -0.444 e. The van der Waals surface area contributed by atoms with Crippen LogP contribution in [0.1, 0.15) is 67.7 Å². The summed E-state index contributed by atoms with van der Waals surface area (Å²) in [5.74, 6) is -4.53. The third-order valence-corrected chi connectivity index (χ3v) is 5.95. The van der Waals surface area contributed by atoms with E-state index in [1.165, 1.54) is 11.0 Å². The predicted molar refractivity (Wildman–Crippen MR) is 140 cm³/mol. The molecule has 1 fully saturated rings. The maximum absolute atomic E-state index is 14.3. The van der Waals surface area contributed by atoms with Crippen molar-refractivity contribution in [1.82, 2.24) is 20.9 Å². The highest BCUT2D eigenvalue weighted by Crippen LogP contribution is 2.32. The highest BCUT2D eigenvalue weighted by molar-refractivity contribution is 5.85. The summed E-state index contributed by atoms with van der Waals surface area (Å²) in [4.78, 5) is 38.7. The Bertz CT molecular complexity index is 813. The average molecular weight is 549 g/mol. The smallest absolute Gasteiger partial charge is 0.407 e. The van der Waals surface area contributed by atoms with Crippen molar-refractivity contribution in [2.75, 3.05) is 26.4 Å². The van der Waals surface area contributed by atoms with E-state index in [0.717, 1.165) is 0 Å². The zero-order valence-electron chi connectivity index (χ0n) is 23.7. The lowest BCUT2D eigenvalue weighted by molar-refractivity contribution is -0.134. The van der Waals surface area contributed by atoms with E-state index in [2.05, 4.69) is 22.5 Å². The van der Waals surface area contributed by atoms with Gasteiger partial charge in [0, 0.05) is 13.0 Å². The molecule has 1 aliphatic heterocycles. The summed E-state index contributed by atoms with van der Waals surface area (Å²) < 4.78 is 39.7. The summed E-state index contributed by atoms with van der Waals surface area (Å²) >= 11 is 0. The van der Waals surface area contributed by atoms with Gasteiger partial charge in [0.1, 0.15) is 5.60 Å². The first kappa shape index (κ1) is 33.7. The fourth-order valence-electron chi connectivity index (χ4n) is 3.88. The Morgan fingerprint density at radius 3 is 2.34 bits per heavy atom. The van der Waals surface area contributed by atoms with E-state index in [1.54, 1.807) is 20.8 Å². The number of halogens is 2. The summed E-state index contributed by atoms with van der Waals surface area (Å²) in [6.45, 7) is 15.4. The third-order valence-electron chi connectivity index (χ3n) is 5.95. The molecule has 1 heterocycles. The Labute approximate surface area is 224 Å². The lowest BCUT2D eigenvalue weighted by atomic mass is 9.87. The second-order valence-electron chi connectivity index (χ2n) is 11.8. The first-order chi connectivity index (χ1) is 17.4. The number of likely N-dealkylation sites (tertiary alicyclic amines) is 1. The SMILES string of the molecule is C=CCNC(=O)C(O)C(CCC)NC(=O)[C@@H]1CC(F)(F)CN1COC[C@@H](NC(=O)OC(C)(C)C)C(C)(C)C. The van der Waals surface area contributed by atoms with Crippen molar-refractivity contribution in [2.45, 2.75) is 103 Å². The van der Waals surface area contributed by atoms with Gasteiger partial charge in [0.25, 0.3) is 11.8 Å². The van der Waals surface area contributed by atoms with Gasteiger partial charge in [0.05, 0.1) is 38.0 Å². The second-order valence-corrected chi connectivity index (χ2v) is 11.8. The molecule has 2 unspecified atom stereocenters. The van der Waals surface area contributed by atoms with E-state index in [-0.39, 0.29) is 26.3 Å². The van der Waals surface area contributed by atoms with Gasteiger partial charge in [-0.2, -0.15) is 0 Å². The Kier molecular flexibility index (Phi) is 12.6. The Morgan fingerprint density at radius 1 is 1.18 bits per heavy atom. The molecule has 4 atom stereocenters. The molecule has 1 aliphatic rings. The molecule has 10 nitrogen and oxygen atoms in total. The van der Waals surface area contributed by atoms with Crippen LogP contribution in [0, 0.1) is 5.41 Å². The van der Waals surface area contributed by atoms with E-state index >= 15 is 0 Å². The molecule has 1 rings (SSSR count). The molecular formula is C26H46F2N4O6. The molecule has 4 N–H and O–H groups in total. The van der Waals surface area contributed by atoms with Gasteiger partial charge in [-0.1, -0.05) is 40.2 Å². The van der Waals surface area contributed by atoms with Crippen molar-refractivity contribution in [3.05, 3.63) is 12.7 Å². The maximum atomic E-state index is 14.3. The number of carbonyl (C=O) groups excluding carboxylic acids is 3. The Morgan fingerprint density at radius 2 is 1.82 bits per heavy atom. The lowest BCUT2D eigenvalue weighted by Crippen LogP contribution is -2.54. The quantitative estimate of drug-likeness (QED) is 0.260. The number of hydrogen-bond donors (Lipinski definition) is 4. The number of ether oxygens (including phenoxy) is 2. The van der Waals surface area contributed by atoms with Gasteiger partial charge in [-0.3, -0.25) is 14.5 Å². The number of hydrogen-bond acceptors (Lipinski definition) is 7. The molecule has 0 bridgehead atoms. The van der Waals surface area contributed by atoms with Crippen LogP contribution in [0.4, 0.5) is 13.6 Å². The highest BCUT2D eigenvalue weighted by Gasteiger charge is 2.48. The van der Waals surface area contributed by atoms with Crippen LogP contribution in [0.3, 0.4) is 0 Å². The van der Waals surface area contributed by atoms with Gasteiger partial charge in [0.2, 0.25) is 5.91 Å². The van der Waals surface area contributed by atoms with Crippen molar-refractivity contribution in [2.24, 2.45) is 5.41 Å². The van der Waals surface area contributed by atoms with Crippen molar-refractivity contribution in [3.8, 4) is 0 Å². The highest BCUT2D eigenvalue weighted by atomic mass is 19.3. The minimum absolute atomic E-state index is 0.000197. The van der Waals surface area contributed by atoms with Crippen LogP contribution in [-0.4, -0.2) is 90.1 Å². The number of alkyl halides is 2. The van der Waals surface area contributed by atoms with E-state index in [4.69, 9.17) is 9.47 Å². The van der Waals surface area contributed by atoms with E-state index in [9.17, 15) is 28.3 Å². The van der Waals surface area contributed by atoms with Crippen LogP contribution >= 0.6 is 0 Å². The zero-order chi connectivity index (χ0) is 29.3. The van der Waals surface area contributed by atoms with Gasteiger partial charge >= 0.3 is 6.09 Å². The molecule has 3 amide bonds.